The third-order valence-electron chi connectivity index (χ3n) is 0.965. The Kier molecular flexibility index (Phi) is 1.08. The maximum Gasteiger partial charge on any atom is 0.105 e. The summed E-state index contributed by atoms with van der Waals surface area (Å²) in [5.41, 5.74) is 5.31. The minimum atomic E-state index is 0.0463. The molecule has 0 amide bonds. The molecule has 0 radical (unpaired) electrons. The molecule has 1 fully saturated rings. The molecule has 1 rings (SSSR count). The summed E-state index contributed by atoms with van der Waals surface area (Å²) in [4.78, 5) is 0. The minimum Gasteiger partial charge on any atom is -0.364 e. The molecule has 2 N–H and O–H groups in total. The van der Waals surface area contributed by atoms with Crippen LogP contribution in [0.5, 0.6) is 0 Å². The van der Waals surface area contributed by atoms with Gasteiger partial charge in [-0.3, -0.25) is 0 Å². The summed E-state index contributed by atoms with van der Waals surface area (Å²) in [5.74, 6) is 0. The number of hydrogen-bond donors (Lipinski definition) is 1. The zero-order valence-corrected chi connectivity index (χ0v) is 3.68. The van der Waals surface area contributed by atoms with Crippen molar-refractivity contribution < 1.29 is 4.74 Å². The van der Waals surface area contributed by atoms with E-state index >= 15 is 0 Å². The van der Waals surface area contributed by atoms with Gasteiger partial charge in [0.25, 0.3) is 0 Å². The Morgan fingerprint density at radius 1 is 1.67 bits per heavy atom. The quantitative estimate of drug-likeness (QED) is 0.454. The van der Waals surface area contributed by atoms with Crippen LogP contribution in [0.4, 0.5) is 0 Å². The van der Waals surface area contributed by atoms with Gasteiger partial charge in [0.05, 0.1) is 0 Å². The third kappa shape index (κ3) is 0.698. The number of nitrogens with two attached hydrogens (primary N) is 1. The Labute approximate surface area is 37.3 Å². The monoisotopic (exact) mass is 87.1 g/mol. The van der Waals surface area contributed by atoms with E-state index in [4.69, 9.17) is 10.5 Å². The normalized spacial score (nSPS) is 34.5. The van der Waals surface area contributed by atoms with Crippen LogP contribution in [0, 0.1) is 0 Å². The second-order valence-electron chi connectivity index (χ2n) is 1.55. The molecule has 0 spiro atoms. The zero-order valence-electron chi connectivity index (χ0n) is 3.68. The predicted molar refractivity (Wildman–Crippen MR) is 23.2 cm³/mol. The van der Waals surface area contributed by atoms with Crippen LogP contribution in [0.15, 0.2) is 0 Å². The Hall–Kier alpha value is -0.0800. The first-order valence-corrected chi connectivity index (χ1v) is 2.27. The van der Waals surface area contributed by atoms with Gasteiger partial charge in [0.15, 0.2) is 0 Å². The van der Waals surface area contributed by atoms with Gasteiger partial charge < -0.3 is 10.5 Å². The first-order chi connectivity index (χ1) is 2.89. The highest BCUT2D eigenvalue weighted by atomic mass is 16.5. The van der Waals surface area contributed by atoms with E-state index in [1.165, 1.54) is 0 Å². The highest BCUT2D eigenvalue weighted by molar-refractivity contribution is 4.54. The predicted octanol–water partition coefficient (Wildman–Crippen LogP) is 0.0816. The van der Waals surface area contributed by atoms with E-state index in [1.54, 1.807) is 0 Å². The molecule has 0 aliphatic carbocycles. The Morgan fingerprint density at radius 3 is 2.67 bits per heavy atom. The van der Waals surface area contributed by atoms with Crippen LogP contribution in [0.3, 0.4) is 0 Å². The van der Waals surface area contributed by atoms with Crippen molar-refractivity contribution in [1.82, 2.24) is 0 Å². The van der Waals surface area contributed by atoms with Gasteiger partial charge in [0.2, 0.25) is 0 Å². The minimum absolute atomic E-state index is 0.0463. The lowest BCUT2D eigenvalue weighted by Gasteiger charge is -1.95. The molecular formula is C4H9NO. The molecule has 0 aromatic rings. The van der Waals surface area contributed by atoms with E-state index in [2.05, 4.69) is 0 Å². The first-order valence-electron chi connectivity index (χ1n) is 2.27. The lowest BCUT2D eigenvalue weighted by Crippen LogP contribution is -2.16. The highest BCUT2D eigenvalue weighted by Gasteiger charge is 2.07. The number of hydrogen-bond acceptors (Lipinski definition) is 2. The van der Waals surface area contributed by atoms with Gasteiger partial charge in [0, 0.05) is 6.61 Å². The van der Waals surface area contributed by atoms with Crippen LogP contribution in [0.25, 0.3) is 0 Å². The van der Waals surface area contributed by atoms with Crippen molar-refractivity contribution in [2.24, 2.45) is 5.73 Å². The lowest BCUT2D eigenvalue weighted by atomic mass is 10.3. The van der Waals surface area contributed by atoms with E-state index in [0.717, 1.165) is 19.4 Å². The molecule has 6 heavy (non-hydrogen) atoms. The molecule has 0 unspecified atom stereocenters. The lowest BCUT2D eigenvalue weighted by molar-refractivity contribution is 0.116. The summed E-state index contributed by atoms with van der Waals surface area (Å²) in [6.45, 7) is 0.862. The van der Waals surface area contributed by atoms with Gasteiger partial charge in [0.1, 0.15) is 6.23 Å². The summed E-state index contributed by atoms with van der Waals surface area (Å²) in [6.07, 6.45) is 2.23. The molecule has 1 saturated heterocycles. The molecule has 0 aromatic carbocycles. The summed E-state index contributed by atoms with van der Waals surface area (Å²) < 4.78 is 4.93. The van der Waals surface area contributed by atoms with Crippen LogP contribution >= 0.6 is 0 Å². The average Bonchev–Trinajstić information content (AvgIpc) is 1.86. The van der Waals surface area contributed by atoms with Crippen molar-refractivity contribution in [2.45, 2.75) is 19.1 Å². The molecule has 1 atom stereocenters. The van der Waals surface area contributed by atoms with Crippen molar-refractivity contribution in [1.29, 1.82) is 0 Å². The van der Waals surface area contributed by atoms with Gasteiger partial charge in [-0.05, 0) is 12.8 Å². The summed E-state index contributed by atoms with van der Waals surface area (Å²) in [6, 6.07) is 0. The molecule has 0 bridgehead atoms. The largest absolute Gasteiger partial charge is 0.364 e. The van der Waals surface area contributed by atoms with E-state index in [9.17, 15) is 0 Å². The topological polar surface area (TPSA) is 35.2 Å². The first kappa shape index (κ1) is 4.09. The molecule has 1 aliphatic rings. The summed E-state index contributed by atoms with van der Waals surface area (Å²) >= 11 is 0. The highest BCUT2D eigenvalue weighted by Crippen LogP contribution is 2.04. The van der Waals surface area contributed by atoms with Gasteiger partial charge >= 0.3 is 0 Å². The molecular weight excluding hydrogens is 78.0 g/mol. The van der Waals surface area contributed by atoms with Crippen LogP contribution in [0.1, 0.15) is 12.8 Å². The Bertz CT molecular complexity index is 40.8. The van der Waals surface area contributed by atoms with Crippen molar-refractivity contribution in [2.75, 3.05) is 6.61 Å². The Morgan fingerprint density at radius 2 is 2.50 bits per heavy atom. The van der Waals surface area contributed by atoms with E-state index in [1.807, 2.05) is 0 Å². The molecule has 0 saturated carbocycles. The Balaban J connectivity index is 2.18. The number of rotatable bonds is 0. The maximum absolute atomic E-state index is 5.31. The van der Waals surface area contributed by atoms with Crippen molar-refractivity contribution in [3.05, 3.63) is 0 Å². The summed E-state index contributed by atoms with van der Waals surface area (Å²) in [5, 5.41) is 0. The molecule has 1 heterocycles. The van der Waals surface area contributed by atoms with Gasteiger partial charge in [-0.2, -0.15) is 0 Å². The fourth-order valence-corrected chi connectivity index (χ4v) is 0.603. The standard InChI is InChI=1S/C4H9NO/c5-4-2-1-3-6-4/h4H,1-3,5H2/t4-/m1/s1. The van der Waals surface area contributed by atoms with Crippen LogP contribution in [0.2, 0.25) is 0 Å². The molecule has 2 nitrogen and oxygen atoms in total. The second-order valence-corrected chi connectivity index (χ2v) is 1.55. The molecule has 36 valence electrons. The van der Waals surface area contributed by atoms with Gasteiger partial charge in [-0.15, -0.1) is 0 Å². The smallest absolute Gasteiger partial charge is 0.105 e. The number of ether oxygens (including phenoxy) is 1. The fraction of sp³-hybridized carbons (Fsp3) is 1.00. The van der Waals surface area contributed by atoms with Crippen LogP contribution in [-0.4, -0.2) is 12.8 Å². The zero-order chi connectivity index (χ0) is 4.41. The van der Waals surface area contributed by atoms with Crippen LogP contribution in [-0.2, 0) is 4.74 Å². The van der Waals surface area contributed by atoms with Crippen molar-refractivity contribution in [3.63, 3.8) is 0 Å². The van der Waals surface area contributed by atoms with E-state index in [0.29, 0.717) is 0 Å². The van der Waals surface area contributed by atoms with Gasteiger partial charge in [-0.25, -0.2) is 0 Å². The van der Waals surface area contributed by atoms with E-state index in [-0.39, 0.29) is 6.23 Å². The fourth-order valence-electron chi connectivity index (χ4n) is 0.603. The van der Waals surface area contributed by atoms with Crippen LogP contribution < -0.4 is 5.73 Å². The average molecular weight is 87.1 g/mol. The SMILES string of the molecule is N[C@H]1CCCO1. The molecule has 1 aliphatic heterocycles. The molecule has 0 aromatic heterocycles. The van der Waals surface area contributed by atoms with Crippen molar-refractivity contribution >= 4 is 0 Å². The van der Waals surface area contributed by atoms with Gasteiger partial charge in [-0.1, -0.05) is 0 Å². The van der Waals surface area contributed by atoms with Crippen molar-refractivity contribution in [3.8, 4) is 0 Å². The summed E-state index contributed by atoms with van der Waals surface area (Å²) in [7, 11) is 0. The second kappa shape index (κ2) is 1.58. The maximum atomic E-state index is 5.31. The third-order valence-corrected chi connectivity index (χ3v) is 0.965. The molecule has 2 heteroatoms. The van der Waals surface area contributed by atoms with E-state index < -0.39 is 0 Å².